The number of nitrogens with one attached hydrogen (secondary N) is 1. The van der Waals surface area contributed by atoms with Crippen molar-refractivity contribution >= 4 is 21.9 Å². The Morgan fingerprint density at radius 1 is 1.32 bits per heavy atom. The predicted octanol–water partition coefficient (Wildman–Crippen LogP) is -0.667. The molecule has 19 heavy (non-hydrogen) atoms. The van der Waals surface area contributed by atoms with Crippen LogP contribution >= 0.6 is 0 Å². The fourth-order valence-corrected chi connectivity index (χ4v) is 1.73. The molecule has 108 valence electrons. The SMILES string of the molecule is CCCOc1nc(N)nc(NCCCS(N)(=O)=O)n1. The molecule has 0 spiro atoms. The van der Waals surface area contributed by atoms with Gasteiger partial charge in [-0.25, -0.2) is 13.6 Å². The number of hydrogen-bond acceptors (Lipinski definition) is 8. The average molecular weight is 290 g/mol. The van der Waals surface area contributed by atoms with E-state index in [-0.39, 0.29) is 23.7 Å². The van der Waals surface area contributed by atoms with E-state index in [1.807, 2.05) is 6.92 Å². The third-order valence-corrected chi connectivity index (χ3v) is 2.81. The van der Waals surface area contributed by atoms with Crippen LogP contribution in [-0.2, 0) is 10.0 Å². The Hall–Kier alpha value is -1.68. The van der Waals surface area contributed by atoms with E-state index in [1.54, 1.807) is 0 Å². The van der Waals surface area contributed by atoms with Crippen molar-refractivity contribution < 1.29 is 13.2 Å². The summed E-state index contributed by atoms with van der Waals surface area (Å²) in [5, 5.41) is 7.71. The minimum absolute atomic E-state index is 0.0371. The molecule has 0 bridgehead atoms. The van der Waals surface area contributed by atoms with Gasteiger partial charge in [0.1, 0.15) is 0 Å². The first kappa shape index (κ1) is 15.4. The number of nitrogens with zero attached hydrogens (tertiary/aromatic N) is 3. The molecule has 0 amide bonds. The van der Waals surface area contributed by atoms with Gasteiger partial charge in [0, 0.05) is 6.54 Å². The minimum atomic E-state index is -3.45. The van der Waals surface area contributed by atoms with Gasteiger partial charge in [0.15, 0.2) is 0 Å². The summed E-state index contributed by atoms with van der Waals surface area (Å²) in [6, 6.07) is 0.142. The highest BCUT2D eigenvalue weighted by Gasteiger charge is 2.06. The quantitative estimate of drug-likeness (QED) is 0.534. The highest BCUT2D eigenvalue weighted by molar-refractivity contribution is 7.89. The number of nitrogens with two attached hydrogens (primary N) is 2. The van der Waals surface area contributed by atoms with Gasteiger partial charge in [0.2, 0.25) is 21.9 Å². The molecule has 0 aliphatic heterocycles. The Kier molecular flexibility index (Phi) is 5.70. The van der Waals surface area contributed by atoms with E-state index in [0.29, 0.717) is 19.6 Å². The Balaban J connectivity index is 2.51. The first-order chi connectivity index (χ1) is 8.90. The third kappa shape index (κ3) is 6.72. The second-order valence-electron chi connectivity index (χ2n) is 3.80. The van der Waals surface area contributed by atoms with Gasteiger partial charge in [-0.1, -0.05) is 6.92 Å². The lowest BCUT2D eigenvalue weighted by molar-refractivity contribution is 0.292. The maximum atomic E-state index is 10.7. The lowest BCUT2D eigenvalue weighted by Crippen LogP contribution is -2.19. The van der Waals surface area contributed by atoms with Crippen LogP contribution in [0.3, 0.4) is 0 Å². The zero-order valence-electron chi connectivity index (χ0n) is 10.7. The van der Waals surface area contributed by atoms with Crippen LogP contribution in [0.1, 0.15) is 19.8 Å². The number of aromatic nitrogens is 3. The fraction of sp³-hybridized carbons (Fsp3) is 0.667. The normalized spacial score (nSPS) is 11.3. The molecule has 0 aliphatic carbocycles. The molecule has 0 radical (unpaired) electrons. The lowest BCUT2D eigenvalue weighted by atomic mass is 10.5. The first-order valence-electron chi connectivity index (χ1n) is 5.79. The molecule has 9 nitrogen and oxygen atoms in total. The first-order valence-corrected chi connectivity index (χ1v) is 7.51. The van der Waals surface area contributed by atoms with E-state index >= 15 is 0 Å². The maximum absolute atomic E-state index is 10.7. The van der Waals surface area contributed by atoms with Gasteiger partial charge in [0.05, 0.1) is 12.4 Å². The number of sulfonamides is 1. The summed E-state index contributed by atoms with van der Waals surface area (Å²) in [6.07, 6.45) is 1.16. The highest BCUT2D eigenvalue weighted by atomic mass is 32.2. The number of anilines is 2. The Morgan fingerprint density at radius 2 is 2.05 bits per heavy atom. The molecule has 1 aromatic rings. The zero-order chi connectivity index (χ0) is 14.3. The molecular weight excluding hydrogens is 272 g/mol. The molecule has 1 rings (SSSR count). The largest absolute Gasteiger partial charge is 0.463 e. The Morgan fingerprint density at radius 3 is 2.68 bits per heavy atom. The van der Waals surface area contributed by atoms with Crippen LogP contribution in [0.2, 0.25) is 0 Å². The van der Waals surface area contributed by atoms with Crippen LogP contribution in [0.5, 0.6) is 6.01 Å². The van der Waals surface area contributed by atoms with E-state index in [2.05, 4.69) is 20.3 Å². The van der Waals surface area contributed by atoms with Crippen molar-refractivity contribution in [2.24, 2.45) is 5.14 Å². The average Bonchev–Trinajstić information content (AvgIpc) is 2.30. The van der Waals surface area contributed by atoms with Crippen molar-refractivity contribution in [1.82, 2.24) is 15.0 Å². The second kappa shape index (κ2) is 7.04. The van der Waals surface area contributed by atoms with Crippen LogP contribution < -0.4 is 20.9 Å². The van der Waals surface area contributed by atoms with Gasteiger partial charge in [-0.05, 0) is 12.8 Å². The van der Waals surface area contributed by atoms with E-state index in [4.69, 9.17) is 15.6 Å². The van der Waals surface area contributed by atoms with E-state index < -0.39 is 10.0 Å². The zero-order valence-corrected chi connectivity index (χ0v) is 11.5. The number of rotatable bonds is 8. The van der Waals surface area contributed by atoms with Crippen LogP contribution in [0.4, 0.5) is 11.9 Å². The molecule has 10 heteroatoms. The van der Waals surface area contributed by atoms with Crippen molar-refractivity contribution in [3.8, 4) is 6.01 Å². The van der Waals surface area contributed by atoms with Gasteiger partial charge >= 0.3 is 6.01 Å². The Labute approximate surface area is 111 Å². The van der Waals surface area contributed by atoms with Crippen molar-refractivity contribution in [3.05, 3.63) is 0 Å². The fourth-order valence-electron chi connectivity index (χ4n) is 1.18. The summed E-state index contributed by atoms with van der Waals surface area (Å²) in [5.41, 5.74) is 5.51. The van der Waals surface area contributed by atoms with Crippen molar-refractivity contribution in [2.75, 3.05) is 30.0 Å². The molecule has 0 unspecified atom stereocenters. The number of hydrogen-bond donors (Lipinski definition) is 3. The molecular formula is C9H18N6O3S. The van der Waals surface area contributed by atoms with Gasteiger partial charge in [-0.3, -0.25) is 0 Å². The van der Waals surface area contributed by atoms with Crippen molar-refractivity contribution in [1.29, 1.82) is 0 Å². The molecule has 0 aromatic carbocycles. The summed E-state index contributed by atoms with van der Waals surface area (Å²) < 4.78 is 26.7. The molecule has 0 atom stereocenters. The molecule has 1 heterocycles. The highest BCUT2D eigenvalue weighted by Crippen LogP contribution is 2.09. The predicted molar refractivity (Wildman–Crippen MR) is 71.1 cm³/mol. The standard InChI is InChI=1S/C9H18N6O3S/c1-2-5-18-9-14-7(10)13-8(15-9)12-4-3-6-19(11,16)17/h2-6H2,1H3,(H2,11,16,17)(H3,10,12,13,14,15). The molecule has 0 saturated heterocycles. The topological polar surface area (TPSA) is 146 Å². The smallest absolute Gasteiger partial charge is 0.323 e. The van der Waals surface area contributed by atoms with Crippen molar-refractivity contribution in [3.63, 3.8) is 0 Å². The summed E-state index contributed by atoms with van der Waals surface area (Å²) in [7, 11) is -3.45. The lowest BCUT2D eigenvalue weighted by Gasteiger charge is -2.07. The number of ether oxygens (including phenoxy) is 1. The summed E-state index contributed by atoms with van der Waals surface area (Å²) in [6.45, 7) is 2.79. The minimum Gasteiger partial charge on any atom is -0.463 e. The number of primary sulfonamides is 1. The van der Waals surface area contributed by atoms with Crippen LogP contribution in [0, 0.1) is 0 Å². The van der Waals surface area contributed by atoms with Gasteiger partial charge in [-0.15, -0.1) is 0 Å². The van der Waals surface area contributed by atoms with Gasteiger partial charge in [-0.2, -0.15) is 15.0 Å². The Bertz CT molecular complexity index is 507. The van der Waals surface area contributed by atoms with Crippen LogP contribution in [-0.4, -0.2) is 42.3 Å². The molecule has 5 N–H and O–H groups in total. The monoisotopic (exact) mass is 290 g/mol. The molecule has 1 aromatic heterocycles. The van der Waals surface area contributed by atoms with Gasteiger partial charge in [0.25, 0.3) is 0 Å². The van der Waals surface area contributed by atoms with Gasteiger partial charge < -0.3 is 15.8 Å². The van der Waals surface area contributed by atoms with E-state index in [0.717, 1.165) is 6.42 Å². The number of nitrogen functional groups attached to an aromatic ring is 1. The van der Waals surface area contributed by atoms with Crippen LogP contribution in [0.25, 0.3) is 0 Å². The third-order valence-electron chi connectivity index (χ3n) is 1.96. The maximum Gasteiger partial charge on any atom is 0.323 e. The van der Waals surface area contributed by atoms with E-state index in [1.165, 1.54) is 0 Å². The van der Waals surface area contributed by atoms with E-state index in [9.17, 15) is 8.42 Å². The molecule has 0 fully saturated rings. The second-order valence-corrected chi connectivity index (χ2v) is 5.53. The summed E-state index contributed by atoms with van der Waals surface area (Å²) in [5.74, 6) is 0.169. The van der Waals surface area contributed by atoms with Crippen molar-refractivity contribution in [2.45, 2.75) is 19.8 Å². The molecule has 0 saturated carbocycles. The molecule has 0 aliphatic rings. The summed E-state index contributed by atoms with van der Waals surface area (Å²) >= 11 is 0. The summed E-state index contributed by atoms with van der Waals surface area (Å²) in [4.78, 5) is 11.7. The van der Waals surface area contributed by atoms with Crippen LogP contribution in [0.15, 0.2) is 0 Å².